The Morgan fingerprint density at radius 1 is 1.37 bits per heavy atom. The number of aromatic nitrogens is 2. The average Bonchev–Trinajstić information content (AvgIpc) is 2.65. The molecule has 0 bridgehead atoms. The molecule has 1 aromatic carbocycles. The molecule has 1 unspecified atom stereocenters. The summed E-state index contributed by atoms with van der Waals surface area (Å²) >= 11 is 3.51. The number of halogens is 1. The van der Waals surface area contributed by atoms with Crippen LogP contribution < -0.4 is 5.73 Å². The zero-order chi connectivity index (χ0) is 14.0. The molecule has 1 atom stereocenters. The number of benzene rings is 1. The van der Waals surface area contributed by atoms with Crippen LogP contribution in [-0.4, -0.2) is 15.6 Å². The summed E-state index contributed by atoms with van der Waals surface area (Å²) in [5, 5.41) is 0. The van der Waals surface area contributed by atoms with Gasteiger partial charge in [0.15, 0.2) is 0 Å². The fourth-order valence-electron chi connectivity index (χ4n) is 2.55. The molecule has 4 heteroatoms. The van der Waals surface area contributed by atoms with Gasteiger partial charge in [-0.2, -0.15) is 0 Å². The highest BCUT2D eigenvalue weighted by molar-refractivity contribution is 9.10. The molecular formula is C15H22BrN3. The monoisotopic (exact) mass is 323 g/mol. The van der Waals surface area contributed by atoms with E-state index in [1.54, 1.807) is 0 Å². The first-order valence-electron chi connectivity index (χ1n) is 6.94. The molecule has 1 aromatic heterocycles. The number of rotatable bonds is 5. The first-order chi connectivity index (χ1) is 9.02. The maximum Gasteiger partial charge on any atom is 0.111 e. The second kappa shape index (κ2) is 6.06. The summed E-state index contributed by atoms with van der Waals surface area (Å²) in [6.07, 6.45) is 3.01. The highest BCUT2D eigenvalue weighted by Crippen LogP contribution is 2.25. The maximum absolute atomic E-state index is 6.17. The van der Waals surface area contributed by atoms with Gasteiger partial charge in [0.2, 0.25) is 0 Å². The first kappa shape index (κ1) is 14.5. The number of hydrogen-bond acceptors (Lipinski definition) is 2. The highest BCUT2D eigenvalue weighted by atomic mass is 79.9. The molecule has 0 radical (unpaired) electrons. The van der Waals surface area contributed by atoms with Gasteiger partial charge in [0.25, 0.3) is 0 Å². The Morgan fingerprint density at radius 2 is 2.11 bits per heavy atom. The van der Waals surface area contributed by atoms with Crippen molar-refractivity contribution in [1.82, 2.24) is 9.55 Å². The molecule has 0 saturated heterocycles. The fraction of sp³-hybridized carbons (Fsp3) is 0.533. The Bertz CT molecular complexity index is 560. The van der Waals surface area contributed by atoms with E-state index in [1.807, 2.05) is 0 Å². The molecule has 0 saturated carbocycles. The Kier molecular flexibility index (Phi) is 4.63. The van der Waals surface area contributed by atoms with Crippen molar-refractivity contribution >= 4 is 27.0 Å². The number of hydrogen-bond donors (Lipinski definition) is 1. The summed E-state index contributed by atoms with van der Waals surface area (Å²) in [7, 11) is 0. The highest BCUT2D eigenvalue weighted by Gasteiger charge is 2.15. The van der Waals surface area contributed by atoms with Gasteiger partial charge < -0.3 is 10.3 Å². The zero-order valence-corrected chi connectivity index (χ0v) is 13.4. The molecule has 0 fully saturated rings. The van der Waals surface area contributed by atoms with Crippen LogP contribution in [-0.2, 0) is 6.42 Å². The predicted octanol–water partition coefficient (Wildman–Crippen LogP) is 4.05. The summed E-state index contributed by atoms with van der Waals surface area (Å²) in [4.78, 5) is 4.77. The third-order valence-electron chi connectivity index (χ3n) is 3.35. The molecule has 1 heterocycles. The summed E-state index contributed by atoms with van der Waals surface area (Å²) in [5.74, 6) is 1.10. The average molecular weight is 324 g/mol. The van der Waals surface area contributed by atoms with E-state index in [4.69, 9.17) is 10.7 Å². The molecule has 0 aliphatic rings. The van der Waals surface area contributed by atoms with Gasteiger partial charge in [0.05, 0.1) is 11.0 Å². The van der Waals surface area contributed by atoms with Crippen LogP contribution in [0.1, 0.15) is 45.5 Å². The smallest absolute Gasteiger partial charge is 0.111 e. The minimum absolute atomic E-state index is 0.197. The topological polar surface area (TPSA) is 43.8 Å². The van der Waals surface area contributed by atoms with E-state index in [1.165, 1.54) is 5.52 Å². The molecule has 0 aliphatic carbocycles. The van der Waals surface area contributed by atoms with Crippen LogP contribution in [0, 0.1) is 0 Å². The minimum Gasteiger partial charge on any atom is -0.327 e. The van der Waals surface area contributed by atoms with Crippen molar-refractivity contribution in [2.75, 3.05) is 0 Å². The normalized spacial score (nSPS) is 13.4. The third kappa shape index (κ3) is 3.18. The van der Waals surface area contributed by atoms with E-state index in [9.17, 15) is 0 Å². The lowest BCUT2D eigenvalue weighted by molar-refractivity contribution is 0.533. The molecule has 3 nitrogen and oxygen atoms in total. The van der Waals surface area contributed by atoms with Gasteiger partial charge in [0, 0.05) is 23.0 Å². The maximum atomic E-state index is 6.17. The van der Waals surface area contributed by atoms with Gasteiger partial charge in [-0.1, -0.05) is 29.3 Å². The van der Waals surface area contributed by atoms with Crippen LogP contribution >= 0.6 is 15.9 Å². The quantitative estimate of drug-likeness (QED) is 0.902. The van der Waals surface area contributed by atoms with Crippen LogP contribution in [0.2, 0.25) is 0 Å². The van der Waals surface area contributed by atoms with Crippen molar-refractivity contribution in [3.8, 4) is 0 Å². The van der Waals surface area contributed by atoms with E-state index in [2.05, 4.69) is 59.5 Å². The van der Waals surface area contributed by atoms with Crippen molar-refractivity contribution in [2.24, 2.45) is 5.73 Å². The van der Waals surface area contributed by atoms with Crippen molar-refractivity contribution < 1.29 is 0 Å². The van der Waals surface area contributed by atoms with Crippen LogP contribution in [0.15, 0.2) is 22.7 Å². The zero-order valence-electron chi connectivity index (χ0n) is 11.9. The lowest BCUT2D eigenvalue weighted by atomic mass is 10.1. The van der Waals surface area contributed by atoms with Gasteiger partial charge >= 0.3 is 0 Å². The van der Waals surface area contributed by atoms with E-state index in [0.29, 0.717) is 6.04 Å². The molecule has 19 heavy (non-hydrogen) atoms. The third-order valence-corrected chi connectivity index (χ3v) is 3.84. The molecule has 2 aromatic rings. The summed E-state index contributed by atoms with van der Waals surface area (Å²) in [6, 6.07) is 6.86. The molecule has 0 aliphatic heterocycles. The van der Waals surface area contributed by atoms with Gasteiger partial charge in [-0.3, -0.25) is 0 Å². The van der Waals surface area contributed by atoms with Crippen LogP contribution in [0.5, 0.6) is 0 Å². The lowest BCUT2D eigenvalue weighted by Gasteiger charge is -2.15. The van der Waals surface area contributed by atoms with Crippen molar-refractivity contribution in [3.05, 3.63) is 28.5 Å². The van der Waals surface area contributed by atoms with Crippen LogP contribution in [0.3, 0.4) is 0 Å². The Balaban J connectivity index is 2.44. The second-order valence-corrected chi connectivity index (χ2v) is 6.29. The van der Waals surface area contributed by atoms with E-state index >= 15 is 0 Å². The number of imidazole rings is 1. The molecule has 0 amide bonds. The van der Waals surface area contributed by atoms with Crippen molar-refractivity contribution in [2.45, 2.75) is 52.1 Å². The van der Waals surface area contributed by atoms with Gasteiger partial charge in [-0.25, -0.2) is 4.98 Å². The van der Waals surface area contributed by atoms with Crippen LogP contribution in [0.25, 0.3) is 11.0 Å². The van der Waals surface area contributed by atoms with E-state index in [-0.39, 0.29) is 6.04 Å². The second-order valence-electron chi connectivity index (χ2n) is 5.38. The van der Waals surface area contributed by atoms with E-state index in [0.717, 1.165) is 35.1 Å². The Hall–Kier alpha value is -0.870. The number of fused-ring (bicyclic) bond motifs is 1. The van der Waals surface area contributed by atoms with Gasteiger partial charge in [-0.15, -0.1) is 0 Å². The minimum atomic E-state index is 0.197. The van der Waals surface area contributed by atoms with E-state index < -0.39 is 0 Å². The summed E-state index contributed by atoms with van der Waals surface area (Å²) in [6.45, 7) is 6.55. The molecule has 2 N–H and O–H groups in total. The fourth-order valence-corrected chi connectivity index (χ4v) is 2.90. The largest absolute Gasteiger partial charge is 0.327 e. The summed E-state index contributed by atoms with van der Waals surface area (Å²) < 4.78 is 3.37. The lowest BCUT2D eigenvalue weighted by Crippen LogP contribution is -2.24. The molecule has 104 valence electrons. The Morgan fingerprint density at radius 3 is 2.74 bits per heavy atom. The molecule has 2 rings (SSSR count). The Labute approximate surface area is 123 Å². The number of nitrogens with two attached hydrogens (primary N) is 1. The molecule has 0 spiro atoms. The SMILES string of the molecule is CCCC(N)Cc1nc2cc(Br)ccc2n1C(C)C. The predicted molar refractivity (Wildman–Crippen MR) is 84.4 cm³/mol. The van der Waals surface area contributed by atoms with Crippen molar-refractivity contribution in [1.29, 1.82) is 0 Å². The van der Waals surface area contributed by atoms with Crippen molar-refractivity contribution in [3.63, 3.8) is 0 Å². The van der Waals surface area contributed by atoms with Crippen LogP contribution in [0.4, 0.5) is 0 Å². The standard InChI is InChI=1S/C15H22BrN3/c1-4-5-12(17)9-15-18-13-8-11(16)6-7-14(13)19(15)10(2)3/h6-8,10,12H,4-5,9,17H2,1-3H3. The summed E-state index contributed by atoms with van der Waals surface area (Å²) in [5.41, 5.74) is 8.41. The van der Waals surface area contributed by atoms with Gasteiger partial charge in [0.1, 0.15) is 5.82 Å². The number of nitrogens with zero attached hydrogens (tertiary/aromatic N) is 2. The molecular weight excluding hydrogens is 302 g/mol. The van der Waals surface area contributed by atoms with Gasteiger partial charge in [-0.05, 0) is 38.5 Å². The first-order valence-corrected chi connectivity index (χ1v) is 7.74.